The van der Waals surface area contributed by atoms with E-state index in [2.05, 4.69) is 80.3 Å². The Morgan fingerprint density at radius 1 is 1.18 bits per heavy atom. The molecule has 1 saturated heterocycles. The van der Waals surface area contributed by atoms with Gasteiger partial charge in [0.2, 0.25) is 0 Å². The minimum atomic E-state index is -0.138. The van der Waals surface area contributed by atoms with Gasteiger partial charge in [-0.3, -0.25) is 14.4 Å². The predicted octanol–water partition coefficient (Wildman–Crippen LogP) is 4.16. The molecule has 28 heavy (non-hydrogen) atoms. The molecule has 5 heteroatoms. The highest BCUT2D eigenvalue weighted by molar-refractivity contribution is 5.92. The maximum atomic E-state index is 12.8. The van der Waals surface area contributed by atoms with Gasteiger partial charge in [0.15, 0.2) is 0 Å². The van der Waals surface area contributed by atoms with Crippen LogP contribution >= 0.6 is 0 Å². The lowest BCUT2D eigenvalue weighted by molar-refractivity contribution is 0.0902. The van der Waals surface area contributed by atoms with Crippen LogP contribution in [0.15, 0.2) is 36.4 Å². The van der Waals surface area contributed by atoms with Crippen molar-refractivity contribution in [2.24, 2.45) is 0 Å². The molecule has 0 bridgehead atoms. The number of piperidine rings is 1. The Morgan fingerprint density at radius 3 is 2.36 bits per heavy atom. The predicted molar refractivity (Wildman–Crippen MR) is 114 cm³/mol. The van der Waals surface area contributed by atoms with Crippen LogP contribution in [0, 0.1) is 0 Å². The fourth-order valence-corrected chi connectivity index (χ4v) is 3.79. The number of aromatic nitrogens is 2. The maximum Gasteiger partial charge on any atom is 0.272 e. The highest BCUT2D eigenvalue weighted by atomic mass is 16.2. The van der Waals surface area contributed by atoms with Crippen molar-refractivity contribution in [2.75, 3.05) is 13.1 Å². The molecule has 0 saturated carbocycles. The van der Waals surface area contributed by atoms with Gasteiger partial charge in [0, 0.05) is 31.4 Å². The van der Waals surface area contributed by atoms with E-state index in [-0.39, 0.29) is 17.5 Å². The molecule has 1 fully saturated rings. The standard InChI is InChI=1S/C23H34N4O/c1-17(2)21-15-20(25-27(21)23(3,4)5)22(28)24-19-11-13-26(14-12-19)16-18-9-7-6-8-10-18/h6-10,15,17,19H,11-14,16H2,1-5H3,(H,24,28). The first-order valence-electron chi connectivity index (χ1n) is 10.4. The fraction of sp³-hybridized carbons (Fsp3) is 0.565. The van der Waals surface area contributed by atoms with Gasteiger partial charge in [0.05, 0.1) is 5.54 Å². The van der Waals surface area contributed by atoms with E-state index in [9.17, 15) is 4.79 Å². The van der Waals surface area contributed by atoms with Crippen LogP contribution in [-0.2, 0) is 12.1 Å². The van der Waals surface area contributed by atoms with Gasteiger partial charge >= 0.3 is 0 Å². The summed E-state index contributed by atoms with van der Waals surface area (Å²) in [6, 6.07) is 12.8. The Bertz CT molecular complexity index is 781. The van der Waals surface area contributed by atoms with Gasteiger partial charge in [0.1, 0.15) is 5.69 Å². The van der Waals surface area contributed by atoms with Crippen molar-refractivity contribution in [3.63, 3.8) is 0 Å². The van der Waals surface area contributed by atoms with Crippen LogP contribution in [0.25, 0.3) is 0 Å². The van der Waals surface area contributed by atoms with Gasteiger partial charge in [-0.1, -0.05) is 44.2 Å². The van der Waals surface area contributed by atoms with Gasteiger partial charge in [-0.15, -0.1) is 0 Å². The molecule has 2 aromatic rings. The summed E-state index contributed by atoms with van der Waals surface area (Å²) < 4.78 is 2.00. The molecule has 5 nitrogen and oxygen atoms in total. The van der Waals surface area contributed by atoms with Crippen molar-refractivity contribution in [3.8, 4) is 0 Å². The van der Waals surface area contributed by atoms with Crippen LogP contribution in [-0.4, -0.2) is 39.7 Å². The Hall–Kier alpha value is -2.14. The van der Waals surface area contributed by atoms with E-state index in [0.29, 0.717) is 11.6 Å². The van der Waals surface area contributed by atoms with Crippen molar-refractivity contribution in [2.45, 2.75) is 71.5 Å². The number of rotatable bonds is 5. The first kappa shape index (κ1) is 20.6. The molecule has 1 aromatic carbocycles. The fourth-order valence-electron chi connectivity index (χ4n) is 3.79. The van der Waals surface area contributed by atoms with Gasteiger partial charge in [0.25, 0.3) is 5.91 Å². The zero-order valence-electron chi connectivity index (χ0n) is 17.9. The van der Waals surface area contributed by atoms with Crippen LogP contribution in [0.1, 0.15) is 75.1 Å². The first-order valence-corrected chi connectivity index (χ1v) is 10.4. The minimum Gasteiger partial charge on any atom is -0.348 e. The molecular weight excluding hydrogens is 348 g/mol. The highest BCUT2D eigenvalue weighted by Gasteiger charge is 2.26. The van der Waals surface area contributed by atoms with Crippen molar-refractivity contribution < 1.29 is 4.79 Å². The average molecular weight is 383 g/mol. The number of carbonyl (C=O) groups is 1. The quantitative estimate of drug-likeness (QED) is 0.845. The third-order valence-electron chi connectivity index (χ3n) is 5.37. The summed E-state index contributed by atoms with van der Waals surface area (Å²) in [5.74, 6) is 0.279. The lowest BCUT2D eigenvalue weighted by Gasteiger charge is -2.32. The Labute approximate surface area is 169 Å². The van der Waals surface area contributed by atoms with E-state index < -0.39 is 0 Å². The Morgan fingerprint density at radius 2 is 1.82 bits per heavy atom. The number of carbonyl (C=O) groups excluding carboxylic acids is 1. The molecule has 0 aliphatic carbocycles. The van der Waals surface area contributed by atoms with Gasteiger partial charge in [-0.05, 0) is 51.2 Å². The second-order valence-electron chi connectivity index (χ2n) is 9.20. The van der Waals surface area contributed by atoms with E-state index >= 15 is 0 Å². The molecule has 0 unspecified atom stereocenters. The molecule has 1 N–H and O–H groups in total. The third-order valence-corrected chi connectivity index (χ3v) is 5.37. The smallest absolute Gasteiger partial charge is 0.272 e. The van der Waals surface area contributed by atoms with Crippen LogP contribution in [0.3, 0.4) is 0 Å². The summed E-state index contributed by atoms with van der Waals surface area (Å²) >= 11 is 0. The summed E-state index contributed by atoms with van der Waals surface area (Å²) in [7, 11) is 0. The summed E-state index contributed by atoms with van der Waals surface area (Å²) in [5, 5.41) is 7.84. The lowest BCUT2D eigenvalue weighted by atomic mass is 10.0. The number of hydrogen-bond donors (Lipinski definition) is 1. The number of benzene rings is 1. The second kappa shape index (κ2) is 8.48. The minimum absolute atomic E-state index is 0.0496. The molecule has 3 rings (SSSR count). The summed E-state index contributed by atoms with van der Waals surface area (Å²) in [6.07, 6.45) is 1.96. The molecule has 0 radical (unpaired) electrons. The van der Waals surface area contributed by atoms with Crippen molar-refractivity contribution in [3.05, 3.63) is 53.3 Å². The summed E-state index contributed by atoms with van der Waals surface area (Å²) in [6.45, 7) is 13.6. The van der Waals surface area contributed by atoms with E-state index in [4.69, 9.17) is 0 Å². The number of hydrogen-bond acceptors (Lipinski definition) is 3. The van der Waals surface area contributed by atoms with Gasteiger partial charge < -0.3 is 5.32 Å². The van der Waals surface area contributed by atoms with Gasteiger partial charge in [-0.2, -0.15) is 5.10 Å². The first-order chi connectivity index (χ1) is 13.2. The van der Waals surface area contributed by atoms with Crippen molar-refractivity contribution >= 4 is 5.91 Å². The largest absolute Gasteiger partial charge is 0.348 e. The van der Waals surface area contributed by atoms with E-state index in [1.165, 1.54) is 5.56 Å². The van der Waals surface area contributed by atoms with Crippen LogP contribution in [0.5, 0.6) is 0 Å². The summed E-state index contributed by atoms with van der Waals surface area (Å²) in [5.41, 5.74) is 2.85. The molecule has 1 aliphatic heterocycles. The molecule has 1 aromatic heterocycles. The molecule has 0 spiro atoms. The molecule has 2 heterocycles. The van der Waals surface area contributed by atoms with E-state index in [0.717, 1.165) is 38.2 Å². The molecule has 1 aliphatic rings. The van der Waals surface area contributed by atoms with Crippen molar-refractivity contribution in [1.29, 1.82) is 0 Å². The van der Waals surface area contributed by atoms with Crippen molar-refractivity contribution in [1.82, 2.24) is 20.0 Å². The molecule has 1 amide bonds. The summed E-state index contributed by atoms with van der Waals surface area (Å²) in [4.78, 5) is 15.3. The van der Waals surface area contributed by atoms with E-state index in [1.807, 2.05) is 10.7 Å². The average Bonchev–Trinajstić information content (AvgIpc) is 3.11. The SMILES string of the molecule is CC(C)c1cc(C(=O)NC2CCN(Cc3ccccc3)CC2)nn1C(C)(C)C. The highest BCUT2D eigenvalue weighted by Crippen LogP contribution is 2.24. The van der Waals surface area contributed by atoms with Crippen LogP contribution in [0.4, 0.5) is 0 Å². The Balaban J connectivity index is 1.57. The molecular formula is C23H34N4O. The topological polar surface area (TPSA) is 50.2 Å². The number of nitrogens with zero attached hydrogens (tertiary/aromatic N) is 3. The second-order valence-corrected chi connectivity index (χ2v) is 9.20. The number of amides is 1. The normalized spacial score (nSPS) is 16.5. The van der Waals surface area contributed by atoms with E-state index in [1.54, 1.807) is 0 Å². The Kier molecular flexibility index (Phi) is 6.23. The lowest BCUT2D eigenvalue weighted by Crippen LogP contribution is -2.44. The monoisotopic (exact) mass is 382 g/mol. The zero-order valence-corrected chi connectivity index (χ0v) is 17.9. The van der Waals surface area contributed by atoms with Crippen LogP contribution in [0.2, 0.25) is 0 Å². The number of nitrogens with one attached hydrogen (secondary N) is 1. The molecule has 0 atom stereocenters. The zero-order chi connectivity index (χ0) is 20.3. The molecule has 152 valence electrons. The third kappa shape index (κ3) is 5.02. The van der Waals surface area contributed by atoms with Gasteiger partial charge in [-0.25, -0.2) is 0 Å². The maximum absolute atomic E-state index is 12.8. The van der Waals surface area contributed by atoms with Crippen LogP contribution < -0.4 is 5.32 Å². The number of likely N-dealkylation sites (tertiary alicyclic amines) is 1.